The van der Waals surface area contributed by atoms with Crippen LogP contribution >= 0.6 is 0 Å². The van der Waals surface area contributed by atoms with E-state index < -0.39 is 0 Å². The molecule has 0 fully saturated rings. The highest BCUT2D eigenvalue weighted by Gasteiger charge is 2.09. The number of nitrogens with zero attached hydrogens (tertiary/aromatic N) is 1. The van der Waals surface area contributed by atoms with E-state index in [4.69, 9.17) is 14.2 Å². The predicted molar refractivity (Wildman–Crippen MR) is 96.6 cm³/mol. The summed E-state index contributed by atoms with van der Waals surface area (Å²) in [5.41, 5.74) is 4.93. The van der Waals surface area contributed by atoms with Gasteiger partial charge in [-0.2, -0.15) is 5.10 Å². The van der Waals surface area contributed by atoms with Crippen LogP contribution in [0.4, 0.5) is 0 Å². The number of aryl methyl sites for hydroxylation is 1. The van der Waals surface area contributed by atoms with Crippen LogP contribution < -0.4 is 19.6 Å². The van der Waals surface area contributed by atoms with Crippen LogP contribution in [0.15, 0.2) is 47.6 Å². The van der Waals surface area contributed by atoms with Crippen LogP contribution in [0.1, 0.15) is 18.1 Å². The van der Waals surface area contributed by atoms with Gasteiger partial charge in [0.1, 0.15) is 17.2 Å². The van der Waals surface area contributed by atoms with Gasteiger partial charge in [-0.25, -0.2) is 5.43 Å². The van der Waals surface area contributed by atoms with Crippen LogP contribution in [-0.4, -0.2) is 32.4 Å². The lowest BCUT2D eigenvalue weighted by Gasteiger charge is -2.10. The number of nitrogens with one attached hydrogen (secondary N) is 1. The van der Waals surface area contributed by atoms with Gasteiger partial charge in [0, 0.05) is 11.6 Å². The summed E-state index contributed by atoms with van der Waals surface area (Å²) in [4.78, 5) is 11.9. The van der Waals surface area contributed by atoms with E-state index in [1.807, 2.05) is 31.2 Å². The molecule has 0 aromatic heterocycles. The van der Waals surface area contributed by atoms with Crippen LogP contribution in [0.25, 0.3) is 0 Å². The van der Waals surface area contributed by atoms with Crippen molar-refractivity contribution < 1.29 is 19.0 Å². The van der Waals surface area contributed by atoms with Gasteiger partial charge in [-0.15, -0.1) is 0 Å². The second-order valence-electron chi connectivity index (χ2n) is 5.40. The van der Waals surface area contributed by atoms with Crippen molar-refractivity contribution in [3.8, 4) is 17.2 Å². The minimum atomic E-state index is -0.340. The Morgan fingerprint density at radius 3 is 2.56 bits per heavy atom. The Morgan fingerprint density at radius 1 is 1.08 bits per heavy atom. The number of benzene rings is 2. The van der Waals surface area contributed by atoms with Crippen molar-refractivity contribution in [3.63, 3.8) is 0 Å². The normalized spacial score (nSPS) is 11.0. The molecular weight excluding hydrogens is 320 g/mol. The molecule has 2 aromatic rings. The lowest BCUT2D eigenvalue weighted by molar-refractivity contribution is -0.123. The van der Waals surface area contributed by atoms with E-state index in [0.29, 0.717) is 23.0 Å². The van der Waals surface area contributed by atoms with Crippen molar-refractivity contribution in [2.24, 2.45) is 5.10 Å². The van der Waals surface area contributed by atoms with Crippen molar-refractivity contribution in [1.82, 2.24) is 5.43 Å². The fourth-order valence-corrected chi connectivity index (χ4v) is 2.19. The summed E-state index contributed by atoms with van der Waals surface area (Å²) < 4.78 is 15.9. The van der Waals surface area contributed by atoms with Crippen LogP contribution in [0, 0.1) is 6.92 Å². The molecule has 1 N–H and O–H groups in total. The number of amides is 1. The summed E-state index contributed by atoms with van der Waals surface area (Å²) in [6, 6.07) is 12.9. The number of hydrazone groups is 1. The topological polar surface area (TPSA) is 69.2 Å². The molecule has 25 heavy (non-hydrogen) atoms. The Labute approximate surface area is 147 Å². The molecule has 0 aliphatic rings. The maximum atomic E-state index is 11.9. The molecule has 0 heterocycles. The molecule has 0 saturated heterocycles. The SMILES string of the molecule is COc1ccc(C(C)=NNC(=O)COc2cccc(C)c2)c(OC)c1. The Morgan fingerprint density at radius 2 is 1.88 bits per heavy atom. The highest BCUT2D eigenvalue weighted by Crippen LogP contribution is 2.25. The van der Waals surface area contributed by atoms with Crippen LogP contribution in [0.5, 0.6) is 17.2 Å². The smallest absolute Gasteiger partial charge is 0.277 e. The molecule has 0 unspecified atom stereocenters. The van der Waals surface area contributed by atoms with Gasteiger partial charge >= 0.3 is 0 Å². The second-order valence-corrected chi connectivity index (χ2v) is 5.40. The lowest BCUT2D eigenvalue weighted by atomic mass is 10.1. The summed E-state index contributed by atoms with van der Waals surface area (Å²) in [6.45, 7) is 3.63. The standard InChI is InChI=1S/C19H22N2O4/c1-13-6-5-7-16(10-13)25-12-19(22)21-20-14(2)17-9-8-15(23-3)11-18(17)24-4/h5-11H,12H2,1-4H3,(H,21,22). The number of hydrogen-bond donors (Lipinski definition) is 1. The molecule has 2 rings (SSSR count). The third kappa shape index (κ3) is 5.24. The molecule has 0 saturated carbocycles. The summed E-state index contributed by atoms with van der Waals surface area (Å²) in [5, 5.41) is 4.10. The lowest BCUT2D eigenvalue weighted by Crippen LogP contribution is -2.25. The number of methoxy groups -OCH3 is 2. The molecule has 6 nitrogen and oxygen atoms in total. The average Bonchev–Trinajstić information content (AvgIpc) is 2.63. The van der Waals surface area contributed by atoms with Crippen molar-refractivity contribution in [1.29, 1.82) is 0 Å². The first-order valence-electron chi connectivity index (χ1n) is 7.78. The maximum absolute atomic E-state index is 11.9. The van der Waals surface area contributed by atoms with E-state index in [0.717, 1.165) is 11.1 Å². The first kappa shape index (κ1) is 18.3. The zero-order chi connectivity index (χ0) is 18.2. The molecule has 0 aliphatic heterocycles. The summed E-state index contributed by atoms with van der Waals surface area (Å²) in [5.74, 6) is 1.61. The van der Waals surface area contributed by atoms with E-state index in [1.165, 1.54) is 0 Å². The van der Waals surface area contributed by atoms with E-state index >= 15 is 0 Å². The zero-order valence-corrected chi connectivity index (χ0v) is 14.8. The largest absolute Gasteiger partial charge is 0.497 e. The molecule has 2 aromatic carbocycles. The van der Waals surface area contributed by atoms with Gasteiger partial charge in [0.15, 0.2) is 6.61 Å². The van der Waals surface area contributed by atoms with Gasteiger partial charge in [0.05, 0.1) is 19.9 Å². The summed E-state index contributed by atoms with van der Waals surface area (Å²) >= 11 is 0. The number of carbonyl (C=O) groups is 1. The van der Waals surface area contributed by atoms with Gasteiger partial charge in [0.25, 0.3) is 5.91 Å². The van der Waals surface area contributed by atoms with Crippen LogP contribution in [-0.2, 0) is 4.79 Å². The quantitative estimate of drug-likeness (QED) is 0.620. The van der Waals surface area contributed by atoms with E-state index in [2.05, 4.69) is 10.5 Å². The number of carbonyl (C=O) groups excluding carboxylic acids is 1. The van der Waals surface area contributed by atoms with Crippen LogP contribution in [0.3, 0.4) is 0 Å². The third-order valence-electron chi connectivity index (χ3n) is 3.51. The second kappa shape index (κ2) is 8.73. The van der Waals surface area contributed by atoms with E-state index in [9.17, 15) is 4.79 Å². The monoisotopic (exact) mass is 342 g/mol. The summed E-state index contributed by atoms with van der Waals surface area (Å²) in [6.07, 6.45) is 0. The van der Waals surface area contributed by atoms with Gasteiger partial charge < -0.3 is 14.2 Å². The molecule has 132 valence electrons. The third-order valence-corrected chi connectivity index (χ3v) is 3.51. The molecule has 0 radical (unpaired) electrons. The minimum Gasteiger partial charge on any atom is -0.497 e. The molecular formula is C19H22N2O4. The molecule has 1 amide bonds. The predicted octanol–water partition coefficient (Wildman–Crippen LogP) is 2.93. The molecule has 6 heteroatoms. The molecule has 0 bridgehead atoms. The zero-order valence-electron chi connectivity index (χ0n) is 14.8. The highest BCUT2D eigenvalue weighted by molar-refractivity contribution is 6.01. The van der Waals surface area contributed by atoms with Crippen molar-refractivity contribution in [3.05, 3.63) is 53.6 Å². The number of hydrogen-bond acceptors (Lipinski definition) is 5. The van der Waals surface area contributed by atoms with Crippen molar-refractivity contribution in [2.45, 2.75) is 13.8 Å². The van der Waals surface area contributed by atoms with Gasteiger partial charge in [-0.1, -0.05) is 12.1 Å². The maximum Gasteiger partial charge on any atom is 0.277 e. The van der Waals surface area contributed by atoms with Crippen molar-refractivity contribution in [2.75, 3.05) is 20.8 Å². The molecule has 0 spiro atoms. The Bertz CT molecular complexity index is 772. The Kier molecular flexibility index (Phi) is 6.39. The first-order valence-corrected chi connectivity index (χ1v) is 7.78. The Hall–Kier alpha value is -3.02. The van der Waals surface area contributed by atoms with Crippen LogP contribution in [0.2, 0.25) is 0 Å². The highest BCUT2D eigenvalue weighted by atomic mass is 16.5. The fourth-order valence-electron chi connectivity index (χ4n) is 2.19. The fraction of sp³-hybridized carbons (Fsp3) is 0.263. The van der Waals surface area contributed by atoms with Gasteiger partial charge in [-0.05, 0) is 43.7 Å². The van der Waals surface area contributed by atoms with Gasteiger partial charge in [-0.3, -0.25) is 4.79 Å². The number of ether oxygens (including phenoxy) is 3. The van der Waals surface area contributed by atoms with E-state index in [-0.39, 0.29) is 12.5 Å². The van der Waals surface area contributed by atoms with Gasteiger partial charge in [0.2, 0.25) is 0 Å². The first-order chi connectivity index (χ1) is 12.0. The van der Waals surface area contributed by atoms with E-state index in [1.54, 1.807) is 39.3 Å². The Balaban J connectivity index is 1.97. The average molecular weight is 342 g/mol. The van der Waals surface area contributed by atoms with Crippen molar-refractivity contribution >= 4 is 11.6 Å². The molecule has 0 aliphatic carbocycles. The number of rotatable bonds is 7. The minimum absolute atomic E-state index is 0.111. The summed E-state index contributed by atoms with van der Waals surface area (Å²) in [7, 11) is 3.16. The molecule has 0 atom stereocenters.